The monoisotopic (exact) mass is 656 g/mol. The summed E-state index contributed by atoms with van der Waals surface area (Å²) < 4.78 is 24.0. The fourth-order valence-corrected chi connectivity index (χ4v) is 4.63. The van der Waals surface area contributed by atoms with Gasteiger partial charge in [0.1, 0.15) is 26.2 Å². The lowest BCUT2D eigenvalue weighted by molar-refractivity contribution is -0.917. The zero-order chi connectivity index (χ0) is 33.5. The molecule has 0 aliphatic heterocycles. The first-order chi connectivity index (χ1) is 20.5. The van der Waals surface area contributed by atoms with E-state index in [4.69, 9.17) is 29.4 Å². The van der Waals surface area contributed by atoms with Crippen LogP contribution in [0.3, 0.4) is 0 Å². The van der Waals surface area contributed by atoms with Crippen LogP contribution in [0.2, 0.25) is 0 Å². The number of quaternary nitrogens is 2. The average Bonchev–Trinajstić information content (AvgIpc) is 2.94. The molecule has 0 aromatic heterocycles. The van der Waals surface area contributed by atoms with Gasteiger partial charge >= 0.3 is 30.7 Å². The molecule has 44 heavy (non-hydrogen) atoms. The SMILES string of the molecule is C[N+](C)(Cc1ccc(C[N+](C)(C)Cc2ccccc2B(O)O)cc1)Cc1ccccc1B(O)O.O=[P+]([O-])O[O-].O=[P+]([O-])O[O-].[HH].[HH]. The van der Waals surface area contributed by atoms with Crippen molar-refractivity contribution in [1.29, 1.82) is 0 Å². The minimum Gasteiger partial charge on any atom is -0.674 e. The molecule has 242 valence electrons. The Labute approximate surface area is 261 Å². The molecular weight excluding hydrogens is 616 g/mol. The van der Waals surface area contributed by atoms with Gasteiger partial charge < -0.3 is 49.4 Å². The molecule has 3 aromatic carbocycles. The molecule has 0 saturated heterocycles. The van der Waals surface area contributed by atoms with E-state index in [0.29, 0.717) is 33.0 Å². The summed E-state index contributed by atoms with van der Waals surface area (Å²) in [5.74, 6) is 0. The normalized spacial score (nSPS) is 11.8. The second-order valence-electron chi connectivity index (χ2n) is 11.1. The van der Waals surface area contributed by atoms with E-state index in [9.17, 15) is 20.1 Å². The molecule has 18 heteroatoms. The maximum atomic E-state index is 9.67. The molecule has 4 N–H and O–H groups in total. The van der Waals surface area contributed by atoms with Crippen molar-refractivity contribution >= 4 is 41.7 Å². The van der Waals surface area contributed by atoms with Crippen molar-refractivity contribution in [1.82, 2.24) is 0 Å². The quantitative estimate of drug-likeness (QED) is 0.0530. The Bertz CT molecular complexity index is 1240. The van der Waals surface area contributed by atoms with E-state index in [0.717, 1.165) is 24.2 Å². The van der Waals surface area contributed by atoms with E-state index in [1.165, 1.54) is 11.1 Å². The largest absolute Gasteiger partial charge is 0.674 e. The average molecular weight is 656 g/mol. The lowest BCUT2D eigenvalue weighted by Gasteiger charge is -2.32. The van der Waals surface area contributed by atoms with E-state index in [1.54, 1.807) is 12.1 Å². The standard InChI is InChI=1S/C26H36B2N2O4.2HO4P.2H2/c1-29(2,19-23-9-5-7-11-25(23)27(31)32)17-21-13-15-22(16-14-21)18-30(3,4)20-24-10-6-8-12-26(24)28(33)34;2*1-4-5(2)3;;/h5-16,31-34H,17-20H2,1-4H3;2*1H;2*1H/q+2;;;;/p-2. The molecule has 2 unspecified atom stereocenters. The third-order valence-corrected chi connectivity index (χ3v) is 6.47. The Hall–Kier alpha value is -2.49. The maximum Gasteiger partial charge on any atom is 0.488 e. The van der Waals surface area contributed by atoms with Crippen LogP contribution in [-0.2, 0) is 44.7 Å². The summed E-state index contributed by atoms with van der Waals surface area (Å²) in [5, 5.41) is 55.8. The van der Waals surface area contributed by atoms with Crippen molar-refractivity contribution in [2.24, 2.45) is 0 Å². The highest BCUT2D eigenvalue weighted by Gasteiger charge is 2.24. The Morgan fingerprint density at radius 1 is 0.614 bits per heavy atom. The zero-order valence-electron chi connectivity index (χ0n) is 24.8. The lowest BCUT2D eigenvalue weighted by atomic mass is 9.77. The molecule has 3 aromatic rings. The van der Waals surface area contributed by atoms with Crippen LogP contribution in [0, 0.1) is 0 Å². The first-order valence-corrected chi connectivity index (χ1v) is 15.2. The van der Waals surface area contributed by atoms with Crippen molar-refractivity contribution in [3.63, 3.8) is 0 Å². The van der Waals surface area contributed by atoms with Crippen LogP contribution in [0.4, 0.5) is 0 Å². The van der Waals surface area contributed by atoms with Gasteiger partial charge in [-0.2, -0.15) is 0 Å². The molecular formula is C26H40B2N2O12P2. The van der Waals surface area contributed by atoms with Crippen molar-refractivity contribution < 1.29 is 70.7 Å². The van der Waals surface area contributed by atoms with Crippen molar-refractivity contribution in [3.05, 3.63) is 95.1 Å². The van der Waals surface area contributed by atoms with Gasteiger partial charge in [-0.05, 0) is 20.1 Å². The molecule has 0 aliphatic carbocycles. The van der Waals surface area contributed by atoms with Gasteiger partial charge in [0, 0.05) is 25.1 Å². The third kappa shape index (κ3) is 15.5. The summed E-state index contributed by atoms with van der Waals surface area (Å²) in [6, 6.07) is 23.6. The molecule has 0 heterocycles. The van der Waals surface area contributed by atoms with Crippen LogP contribution in [0.25, 0.3) is 0 Å². The van der Waals surface area contributed by atoms with Crippen LogP contribution in [0.1, 0.15) is 25.1 Å². The van der Waals surface area contributed by atoms with Crippen molar-refractivity contribution in [3.8, 4) is 0 Å². The van der Waals surface area contributed by atoms with Crippen LogP contribution < -0.4 is 31.2 Å². The van der Waals surface area contributed by atoms with Crippen LogP contribution in [0.5, 0.6) is 0 Å². The van der Waals surface area contributed by atoms with Crippen LogP contribution >= 0.6 is 16.5 Å². The molecule has 14 nitrogen and oxygen atoms in total. The van der Waals surface area contributed by atoms with Gasteiger partial charge in [0.05, 0.1) is 28.2 Å². The predicted octanol–water partition coefficient (Wildman–Crippen LogP) is -2.32. The Morgan fingerprint density at radius 3 is 1.14 bits per heavy atom. The molecule has 2 atom stereocenters. The molecule has 0 radical (unpaired) electrons. The number of hydrogen-bond donors (Lipinski definition) is 4. The van der Waals surface area contributed by atoms with E-state index < -0.39 is 30.7 Å². The summed E-state index contributed by atoms with van der Waals surface area (Å²) in [6.07, 6.45) is 0. The fourth-order valence-electron chi connectivity index (χ4n) is 4.63. The van der Waals surface area contributed by atoms with E-state index in [-0.39, 0.29) is 2.85 Å². The minimum absolute atomic E-state index is 0. The first kappa shape index (κ1) is 39.5. The molecule has 0 amide bonds. The summed E-state index contributed by atoms with van der Waals surface area (Å²) in [7, 11) is -0.682. The van der Waals surface area contributed by atoms with E-state index in [1.807, 2.05) is 36.4 Å². The second-order valence-corrected chi connectivity index (χ2v) is 12.3. The lowest BCUT2D eigenvalue weighted by Crippen LogP contribution is -2.42. The highest BCUT2D eigenvalue weighted by Crippen LogP contribution is 2.18. The number of benzene rings is 3. The highest BCUT2D eigenvalue weighted by atomic mass is 31.1. The molecule has 0 bridgehead atoms. The van der Waals surface area contributed by atoms with Gasteiger partial charge in [-0.1, -0.05) is 72.8 Å². The summed E-state index contributed by atoms with van der Waals surface area (Å²) in [5.41, 5.74) is 5.42. The first-order valence-electron chi connectivity index (χ1n) is 13.0. The Kier molecular flexibility index (Phi) is 17.2. The predicted molar refractivity (Wildman–Crippen MR) is 160 cm³/mol. The van der Waals surface area contributed by atoms with Crippen LogP contribution in [-0.4, -0.2) is 71.5 Å². The summed E-state index contributed by atoms with van der Waals surface area (Å²) in [6.45, 7) is 3.01. The zero-order valence-corrected chi connectivity index (χ0v) is 26.5. The van der Waals surface area contributed by atoms with Gasteiger partial charge in [0.15, 0.2) is 0 Å². The maximum absolute atomic E-state index is 9.67. The van der Waals surface area contributed by atoms with Crippen molar-refractivity contribution in [2.45, 2.75) is 26.2 Å². The number of hydrogen-bond acceptors (Lipinski definition) is 12. The third-order valence-electron chi connectivity index (χ3n) is 6.23. The topological polar surface area (TPSA) is 226 Å². The molecule has 0 saturated carbocycles. The van der Waals surface area contributed by atoms with Crippen molar-refractivity contribution in [2.75, 3.05) is 28.2 Å². The summed E-state index contributed by atoms with van der Waals surface area (Å²) >= 11 is 0. The Balaban J connectivity index is 0. The molecule has 3 rings (SSSR count). The van der Waals surface area contributed by atoms with E-state index >= 15 is 0 Å². The van der Waals surface area contributed by atoms with Gasteiger partial charge in [-0.3, -0.25) is 0 Å². The van der Waals surface area contributed by atoms with Gasteiger partial charge in [-0.25, -0.2) is 9.35 Å². The molecule has 0 spiro atoms. The van der Waals surface area contributed by atoms with Gasteiger partial charge in [0.2, 0.25) is 0 Å². The fraction of sp³-hybridized carbons (Fsp3) is 0.308. The second kappa shape index (κ2) is 19.1. The minimum atomic E-state index is -3.15. The molecule has 0 aliphatic rings. The number of rotatable bonds is 12. The Morgan fingerprint density at radius 2 is 0.886 bits per heavy atom. The molecule has 0 fully saturated rings. The van der Waals surface area contributed by atoms with E-state index in [2.05, 4.69) is 61.8 Å². The smallest absolute Gasteiger partial charge is 0.488 e. The van der Waals surface area contributed by atoms with Crippen LogP contribution in [0.15, 0.2) is 72.8 Å². The van der Waals surface area contributed by atoms with Gasteiger partial charge in [-0.15, -0.1) is 0 Å². The van der Waals surface area contributed by atoms with Gasteiger partial charge in [0.25, 0.3) is 0 Å². The number of nitrogens with zero attached hydrogens (tertiary/aromatic N) is 2. The highest BCUT2D eigenvalue weighted by molar-refractivity contribution is 7.30. The summed E-state index contributed by atoms with van der Waals surface area (Å²) in [4.78, 5) is 17.7.